The molecule has 1 heterocycles. The molecule has 28 heavy (non-hydrogen) atoms. The van der Waals surface area contributed by atoms with Gasteiger partial charge in [0.25, 0.3) is 0 Å². The monoisotopic (exact) mass is 420 g/mol. The van der Waals surface area contributed by atoms with Gasteiger partial charge in [0.2, 0.25) is 11.6 Å². The molecule has 9 heteroatoms. The lowest BCUT2D eigenvalue weighted by molar-refractivity contribution is -0.704. The summed E-state index contributed by atoms with van der Waals surface area (Å²) in [6.45, 7) is 1.84. The fourth-order valence-corrected chi connectivity index (χ4v) is 3.57. The highest BCUT2D eigenvalue weighted by molar-refractivity contribution is 7.99. The molecule has 0 spiro atoms. The van der Waals surface area contributed by atoms with Gasteiger partial charge in [-0.05, 0) is 58.5 Å². The molecule has 2 aromatic carbocycles. The highest BCUT2D eigenvalue weighted by Gasteiger charge is 2.24. The van der Waals surface area contributed by atoms with Crippen molar-refractivity contribution in [3.63, 3.8) is 0 Å². The van der Waals surface area contributed by atoms with E-state index in [1.165, 1.54) is 16.4 Å². The van der Waals surface area contributed by atoms with Gasteiger partial charge in [0, 0.05) is 35.0 Å². The summed E-state index contributed by atoms with van der Waals surface area (Å²) in [6, 6.07) is 12.5. The number of nitrogens with zero attached hydrogens (tertiary/aromatic N) is 1. The van der Waals surface area contributed by atoms with E-state index in [0.717, 1.165) is 5.56 Å². The molecule has 0 atom stereocenters. The maximum atomic E-state index is 12.2. The minimum atomic E-state index is -0.494. The number of aromatic nitrogens is 2. The molecule has 0 saturated heterocycles. The third kappa shape index (κ3) is 4.58. The molecule has 0 bridgehead atoms. The van der Waals surface area contributed by atoms with Crippen molar-refractivity contribution in [3.8, 4) is 11.4 Å². The minimum Gasteiger partial charge on any atom is -0.497 e. The maximum absolute atomic E-state index is 12.2. The van der Waals surface area contributed by atoms with Crippen molar-refractivity contribution in [1.82, 2.24) is 5.27 Å². The Morgan fingerprint density at radius 1 is 1.29 bits per heavy atom. The summed E-state index contributed by atoms with van der Waals surface area (Å²) >= 11 is 7.31. The average molecular weight is 421 g/mol. The number of nitrogens with one attached hydrogen (secondary N) is 2. The number of hydrogen-bond donors (Lipinski definition) is 2. The summed E-state index contributed by atoms with van der Waals surface area (Å²) < 4.78 is 11.6. The second-order valence-corrected chi connectivity index (χ2v) is 7.37. The van der Waals surface area contributed by atoms with E-state index in [9.17, 15) is 9.59 Å². The van der Waals surface area contributed by atoms with Crippen LogP contribution in [0.25, 0.3) is 5.69 Å². The van der Waals surface area contributed by atoms with Crippen molar-refractivity contribution < 1.29 is 18.7 Å². The lowest BCUT2D eigenvalue weighted by atomic mass is 10.2. The van der Waals surface area contributed by atoms with Gasteiger partial charge in [0.1, 0.15) is 5.75 Å². The molecule has 0 aliphatic rings. The summed E-state index contributed by atoms with van der Waals surface area (Å²) in [5.74, 6) is 0.954. The predicted molar refractivity (Wildman–Crippen MR) is 108 cm³/mol. The van der Waals surface area contributed by atoms with Crippen LogP contribution in [0.5, 0.6) is 5.75 Å². The number of rotatable bonds is 7. The van der Waals surface area contributed by atoms with E-state index < -0.39 is 5.63 Å². The van der Waals surface area contributed by atoms with Crippen LogP contribution >= 0.6 is 23.4 Å². The van der Waals surface area contributed by atoms with Gasteiger partial charge in [-0.15, -0.1) is 0 Å². The Labute approximate surface area is 170 Å². The molecule has 7 nitrogen and oxygen atoms in total. The summed E-state index contributed by atoms with van der Waals surface area (Å²) in [4.78, 5) is 24.2. The van der Waals surface area contributed by atoms with Gasteiger partial charge in [0.05, 0.1) is 7.11 Å². The number of anilines is 1. The minimum absolute atomic E-state index is 0.159. The van der Waals surface area contributed by atoms with Gasteiger partial charge in [-0.25, -0.2) is 4.79 Å². The summed E-state index contributed by atoms with van der Waals surface area (Å²) in [7, 11) is 1.58. The van der Waals surface area contributed by atoms with E-state index in [2.05, 4.69) is 10.6 Å². The molecule has 0 unspecified atom stereocenters. The molecule has 1 amide bonds. The van der Waals surface area contributed by atoms with Crippen LogP contribution in [-0.2, 0) is 4.79 Å². The molecule has 146 valence electrons. The second-order valence-electron chi connectivity index (χ2n) is 5.88. The van der Waals surface area contributed by atoms with Gasteiger partial charge < -0.3 is 10.1 Å². The number of methoxy groups -OCH3 is 1. The Morgan fingerprint density at radius 3 is 2.75 bits per heavy atom. The number of halogens is 1. The van der Waals surface area contributed by atoms with Crippen LogP contribution in [0.15, 0.2) is 56.8 Å². The first-order valence-electron chi connectivity index (χ1n) is 8.45. The van der Waals surface area contributed by atoms with Crippen LogP contribution in [0.2, 0.25) is 5.02 Å². The highest BCUT2D eigenvalue weighted by atomic mass is 35.5. The number of hydrogen-bond acceptors (Lipinski definition) is 5. The predicted octanol–water partition coefficient (Wildman–Crippen LogP) is 3.34. The van der Waals surface area contributed by atoms with Crippen LogP contribution in [0.3, 0.4) is 0 Å². The van der Waals surface area contributed by atoms with E-state index in [4.69, 9.17) is 20.9 Å². The number of benzene rings is 2. The Hall–Kier alpha value is -2.71. The van der Waals surface area contributed by atoms with Gasteiger partial charge in [-0.2, -0.15) is 0 Å². The van der Waals surface area contributed by atoms with Crippen molar-refractivity contribution in [2.75, 3.05) is 18.2 Å². The highest BCUT2D eigenvalue weighted by Crippen LogP contribution is 2.23. The van der Waals surface area contributed by atoms with E-state index in [0.29, 0.717) is 32.9 Å². The smallest absolute Gasteiger partial charge is 0.442 e. The molecule has 2 N–H and O–H groups in total. The quantitative estimate of drug-likeness (QED) is 0.452. The van der Waals surface area contributed by atoms with Gasteiger partial charge in [0.15, 0.2) is 0 Å². The zero-order chi connectivity index (χ0) is 20.1. The summed E-state index contributed by atoms with van der Waals surface area (Å²) in [5, 5.41) is 6.36. The first kappa shape index (κ1) is 20.0. The van der Waals surface area contributed by atoms with Crippen LogP contribution < -0.4 is 20.4 Å². The standard InChI is InChI=1S/C19H18ClN3O4S/c1-12-15(20)4-3-5-16(12)21-17(24)10-11-28-18-19(25)27-22-23(18)13-6-8-14(26-2)9-7-13/h3-9H,10-11H2,1-2H3,(H-,21,22,24,25)/p+1. The summed E-state index contributed by atoms with van der Waals surface area (Å²) in [5.41, 5.74) is 1.71. The average Bonchev–Trinajstić information content (AvgIpc) is 3.06. The Bertz CT molecular complexity index is 1030. The molecular weight excluding hydrogens is 402 g/mol. The molecule has 3 rings (SSSR count). The third-order valence-electron chi connectivity index (χ3n) is 4.05. The van der Waals surface area contributed by atoms with E-state index >= 15 is 0 Å². The van der Waals surface area contributed by atoms with Crippen molar-refractivity contribution in [1.29, 1.82) is 0 Å². The lowest BCUT2D eigenvalue weighted by Gasteiger charge is -2.08. The lowest BCUT2D eigenvalue weighted by Crippen LogP contribution is -2.36. The van der Waals surface area contributed by atoms with Gasteiger partial charge in [-0.3, -0.25) is 9.32 Å². The number of H-pyrrole nitrogens is 1. The molecule has 3 aromatic rings. The number of aromatic amines is 1. The number of amides is 1. The first-order chi connectivity index (χ1) is 13.5. The topological polar surface area (TPSA) is 88.2 Å². The Morgan fingerprint density at radius 2 is 2.04 bits per heavy atom. The van der Waals surface area contributed by atoms with E-state index in [-0.39, 0.29) is 12.3 Å². The number of carbonyl (C=O) groups excluding carboxylic acids is 1. The SMILES string of the molecule is COc1ccc(-[n+]2[nH]oc(=O)c2SCCC(=O)Nc2cccc(Cl)c2C)cc1. The third-order valence-corrected chi connectivity index (χ3v) is 5.49. The zero-order valence-electron chi connectivity index (χ0n) is 15.3. The first-order valence-corrected chi connectivity index (χ1v) is 9.81. The molecule has 0 fully saturated rings. The molecule has 0 aliphatic heterocycles. The van der Waals surface area contributed by atoms with E-state index in [1.54, 1.807) is 49.6 Å². The van der Waals surface area contributed by atoms with Crippen LogP contribution in [0, 0.1) is 6.92 Å². The Kier molecular flexibility index (Phi) is 6.43. The molecule has 0 aliphatic carbocycles. The molecular formula is C19H19ClN3O4S+. The molecule has 0 radical (unpaired) electrons. The fourth-order valence-electron chi connectivity index (χ4n) is 2.48. The maximum Gasteiger partial charge on any atom is 0.442 e. The molecule has 0 saturated carbocycles. The zero-order valence-corrected chi connectivity index (χ0v) is 16.9. The molecule has 1 aromatic heterocycles. The van der Waals surface area contributed by atoms with E-state index in [1.807, 2.05) is 6.92 Å². The number of thioether (sulfide) groups is 1. The Balaban J connectivity index is 1.63. The number of carbonyl (C=O) groups is 1. The van der Waals surface area contributed by atoms with Crippen molar-refractivity contribution in [2.24, 2.45) is 0 Å². The van der Waals surface area contributed by atoms with Crippen molar-refractivity contribution in [2.45, 2.75) is 18.4 Å². The van der Waals surface area contributed by atoms with Crippen LogP contribution in [0.4, 0.5) is 5.69 Å². The van der Waals surface area contributed by atoms with Crippen LogP contribution in [-0.4, -0.2) is 24.0 Å². The fraction of sp³-hybridized carbons (Fsp3) is 0.211. The van der Waals surface area contributed by atoms with Gasteiger partial charge >= 0.3 is 10.7 Å². The van der Waals surface area contributed by atoms with Gasteiger partial charge in [-0.1, -0.05) is 17.7 Å². The van der Waals surface area contributed by atoms with Crippen molar-refractivity contribution >= 4 is 35.0 Å². The second kappa shape index (κ2) is 8.99. The van der Waals surface area contributed by atoms with Crippen LogP contribution in [0.1, 0.15) is 12.0 Å². The number of ether oxygens (including phenoxy) is 1. The summed E-state index contributed by atoms with van der Waals surface area (Å²) in [6.07, 6.45) is 0.226. The largest absolute Gasteiger partial charge is 0.497 e. The van der Waals surface area contributed by atoms with Crippen molar-refractivity contribution in [3.05, 3.63) is 63.5 Å². The normalized spacial score (nSPS) is 10.7.